The van der Waals surface area contributed by atoms with E-state index in [9.17, 15) is 17.4 Å². The average Bonchev–Trinajstić information content (AvgIpc) is 2.33. The molecule has 0 aromatic heterocycles. The number of rotatable bonds is 6. The highest BCUT2D eigenvalue weighted by Gasteiger charge is 2.29. The van der Waals surface area contributed by atoms with E-state index in [0.29, 0.717) is 12.3 Å². The molecule has 0 saturated carbocycles. The molecule has 1 aromatic rings. The van der Waals surface area contributed by atoms with Gasteiger partial charge < -0.3 is 5.32 Å². The van der Waals surface area contributed by atoms with Crippen LogP contribution in [0.25, 0.3) is 0 Å². The number of halogens is 3. The summed E-state index contributed by atoms with van der Waals surface area (Å²) >= 11 is 0. The van der Waals surface area contributed by atoms with Gasteiger partial charge in [-0.3, -0.25) is 4.21 Å². The van der Waals surface area contributed by atoms with E-state index in [-0.39, 0.29) is 6.04 Å². The van der Waals surface area contributed by atoms with Gasteiger partial charge in [0.1, 0.15) is 0 Å². The first-order chi connectivity index (χ1) is 8.79. The van der Waals surface area contributed by atoms with Crippen LogP contribution in [0.1, 0.15) is 24.5 Å². The Morgan fingerprint density at radius 3 is 2.32 bits per heavy atom. The van der Waals surface area contributed by atoms with Gasteiger partial charge in [-0.25, -0.2) is 0 Å². The van der Waals surface area contributed by atoms with Crippen molar-refractivity contribution in [2.24, 2.45) is 0 Å². The molecule has 108 valence electrons. The van der Waals surface area contributed by atoms with Crippen molar-refractivity contribution in [3.8, 4) is 0 Å². The van der Waals surface area contributed by atoms with Gasteiger partial charge in [-0.15, -0.1) is 0 Å². The smallest absolute Gasteiger partial charge is 0.310 e. The lowest BCUT2D eigenvalue weighted by molar-refractivity contribution is -0.137. The highest BCUT2D eigenvalue weighted by atomic mass is 32.2. The lowest BCUT2D eigenvalue weighted by atomic mass is 10.1. The number of alkyl halides is 3. The molecule has 2 atom stereocenters. The Balaban J connectivity index is 2.44. The van der Waals surface area contributed by atoms with E-state index in [1.165, 1.54) is 12.1 Å². The maximum Gasteiger partial charge on any atom is 0.416 e. The van der Waals surface area contributed by atoms with Crippen LogP contribution >= 0.6 is 0 Å². The number of hydrogen-bond acceptors (Lipinski definition) is 2. The third-order valence-corrected chi connectivity index (χ3v) is 3.58. The van der Waals surface area contributed by atoms with Crippen LogP contribution in [0.4, 0.5) is 13.2 Å². The third-order valence-electron chi connectivity index (χ3n) is 2.77. The van der Waals surface area contributed by atoms with Crippen LogP contribution in [0.5, 0.6) is 0 Å². The van der Waals surface area contributed by atoms with Crippen LogP contribution in [-0.4, -0.2) is 22.3 Å². The number of benzene rings is 1. The van der Waals surface area contributed by atoms with Crippen molar-refractivity contribution in [2.45, 2.75) is 32.1 Å². The molecule has 0 aliphatic carbocycles. The van der Waals surface area contributed by atoms with Gasteiger partial charge >= 0.3 is 6.18 Å². The zero-order chi connectivity index (χ0) is 14.5. The minimum atomic E-state index is -4.29. The Kier molecular flexibility index (Phi) is 6.00. The molecular weight excluding hydrogens is 275 g/mol. The van der Waals surface area contributed by atoms with E-state index in [1.54, 1.807) is 6.26 Å². The predicted molar refractivity (Wildman–Crippen MR) is 71.3 cm³/mol. The zero-order valence-corrected chi connectivity index (χ0v) is 11.8. The van der Waals surface area contributed by atoms with Crippen LogP contribution in [0.3, 0.4) is 0 Å². The van der Waals surface area contributed by atoms with Gasteiger partial charge in [-0.1, -0.05) is 12.1 Å². The lowest BCUT2D eigenvalue weighted by Gasteiger charge is -2.13. The SMILES string of the molecule is CC(CCS(C)=O)NCc1ccc(C(F)(F)F)cc1. The summed E-state index contributed by atoms with van der Waals surface area (Å²) < 4.78 is 48.0. The second-order valence-electron chi connectivity index (χ2n) is 4.54. The van der Waals surface area contributed by atoms with Crippen molar-refractivity contribution in [1.29, 1.82) is 0 Å². The van der Waals surface area contributed by atoms with Crippen molar-refractivity contribution in [3.63, 3.8) is 0 Å². The van der Waals surface area contributed by atoms with Crippen molar-refractivity contribution in [3.05, 3.63) is 35.4 Å². The first-order valence-electron chi connectivity index (χ1n) is 5.98. The Morgan fingerprint density at radius 2 is 1.84 bits per heavy atom. The largest absolute Gasteiger partial charge is 0.416 e. The molecule has 19 heavy (non-hydrogen) atoms. The van der Waals surface area contributed by atoms with E-state index in [0.717, 1.165) is 24.1 Å². The highest BCUT2D eigenvalue weighted by molar-refractivity contribution is 7.84. The second kappa shape index (κ2) is 7.05. The number of hydrogen-bond donors (Lipinski definition) is 1. The minimum Gasteiger partial charge on any atom is -0.310 e. The highest BCUT2D eigenvalue weighted by Crippen LogP contribution is 2.29. The van der Waals surface area contributed by atoms with Gasteiger partial charge in [0.15, 0.2) is 0 Å². The fourth-order valence-electron chi connectivity index (χ4n) is 1.55. The van der Waals surface area contributed by atoms with Gasteiger partial charge in [0, 0.05) is 35.4 Å². The Hall–Kier alpha value is -0.880. The van der Waals surface area contributed by atoms with Crippen molar-refractivity contribution in [1.82, 2.24) is 5.32 Å². The summed E-state index contributed by atoms with van der Waals surface area (Å²) in [7, 11) is -0.812. The molecule has 0 amide bonds. The molecule has 0 heterocycles. The molecule has 2 nitrogen and oxygen atoms in total. The summed E-state index contributed by atoms with van der Waals surface area (Å²) in [6, 6.07) is 5.30. The standard InChI is InChI=1S/C13H18F3NOS/c1-10(7-8-19(2)18)17-9-11-3-5-12(6-4-11)13(14,15)16/h3-6,10,17H,7-9H2,1-2H3. The molecule has 0 bridgehead atoms. The van der Waals surface area contributed by atoms with Crippen LogP contribution in [0, 0.1) is 0 Å². The molecule has 6 heteroatoms. The first kappa shape index (κ1) is 16.2. The van der Waals surface area contributed by atoms with Crippen LogP contribution in [0.15, 0.2) is 24.3 Å². The topological polar surface area (TPSA) is 29.1 Å². The van der Waals surface area contributed by atoms with E-state index in [2.05, 4.69) is 5.32 Å². The molecular formula is C13H18F3NOS. The van der Waals surface area contributed by atoms with Gasteiger partial charge in [-0.2, -0.15) is 13.2 Å². The zero-order valence-electron chi connectivity index (χ0n) is 11.0. The predicted octanol–water partition coefficient (Wildman–Crippen LogP) is 2.95. The monoisotopic (exact) mass is 293 g/mol. The fraction of sp³-hybridized carbons (Fsp3) is 0.538. The lowest BCUT2D eigenvalue weighted by Crippen LogP contribution is -2.27. The van der Waals surface area contributed by atoms with Crippen molar-refractivity contribution >= 4 is 10.8 Å². The molecule has 0 saturated heterocycles. The summed E-state index contributed by atoms with van der Waals surface area (Å²) in [6.45, 7) is 2.48. The fourth-order valence-corrected chi connectivity index (χ4v) is 2.23. The summed E-state index contributed by atoms with van der Waals surface area (Å²) in [5.41, 5.74) is 0.170. The van der Waals surface area contributed by atoms with E-state index >= 15 is 0 Å². The maximum absolute atomic E-state index is 12.4. The Morgan fingerprint density at radius 1 is 1.26 bits per heavy atom. The molecule has 0 spiro atoms. The van der Waals surface area contributed by atoms with Crippen molar-refractivity contribution < 1.29 is 17.4 Å². The quantitative estimate of drug-likeness (QED) is 0.873. The van der Waals surface area contributed by atoms with E-state index < -0.39 is 22.5 Å². The van der Waals surface area contributed by atoms with Crippen LogP contribution < -0.4 is 5.32 Å². The molecule has 0 radical (unpaired) electrons. The van der Waals surface area contributed by atoms with E-state index in [4.69, 9.17) is 0 Å². The Bertz CT molecular complexity index is 417. The number of nitrogens with one attached hydrogen (secondary N) is 1. The molecule has 0 fully saturated rings. The van der Waals surface area contributed by atoms with E-state index in [1.807, 2.05) is 6.92 Å². The summed E-state index contributed by atoms with van der Waals surface area (Å²) in [4.78, 5) is 0. The normalized spacial score (nSPS) is 15.2. The molecule has 1 N–H and O–H groups in total. The summed E-state index contributed by atoms with van der Waals surface area (Å²) in [6.07, 6.45) is -1.85. The Labute approximate surface area is 113 Å². The molecule has 1 aromatic carbocycles. The molecule has 2 unspecified atom stereocenters. The van der Waals surface area contributed by atoms with Crippen LogP contribution in [-0.2, 0) is 23.5 Å². The van der Waals surface area contributed by atoms with Gasteiger partial charge in [0.25, 0.3) is 0 Å². The van der Waals surface area contributed by atoms with Gasteiger partial charge in [0.05, 0.1) is 5.56 Å². The third kappa shape index (κ3) is 6.20. The second-order valence-corrected chi connectivity index (χ2v) is 6.10. The average molecular weight is 293 g/mol. The van der Waals surface area contributed by atoms with Crippen LogP contribution in [0.2, 0.25) is 0 Å². The molecule has 0 aliphatic heterocycles. The summed E-state index contributed by atoms with van der Waals surface area (Å²) in [5.74, 6) is 0.626. The molecule has 0 aliphatic rings. The van der Waals surface area contributed by atoms with Gasteiger partial charge in [-0.05, 0) is 31.0 Å². The summed E-state index contributed by atoms with van der Waals surface area (Å²) in [5, 5.41) is 3.20. The molecule has 1 rings (SSSR count). The van der Waals surface area contributed by atoms with Gasteiger partial charge in [0.2, 0.25) is 0 Å². The maximum atomic E-state index is 12.4. The minimum absolute atomic E-state index is 0.186. The van der Waals surface area contributed by atoms with Crippen molar-refractivity contribution in [2.75, 3.05) is 12.0 Å². The first-order valence-corrected chi connectivity index (χ1v) is 7.71.